The maximum absolute atomic E-state index is 12.6. The number of aromatic nitrogens is 2. The number of amides is 1. The summed E-state index contributed by atoms with van der Waals surface area (Å²) in [5, 5.41) is 9.14. The minimum Gasteiger partial charge on any atom is -0.396 e. The number of aromatic amines is 1. The molecule has 0 spiro atoms. The Balaban J connectivity index is 2.15. The number of likely N-dealkylation sites (tertiary alicyclic amines) is 1. The van der Waals surface area contributed by atoms with Gasteiger partial charge in [0.15, 0.2) is 0 Å². The highest BCUT2D eigenvalue weighted by atomic mass is 16.3. The predicted octanol–water partition coefficient (Wildman–Crippen LogP) is 0.693. The maximum atomic E-state index is 12.6. The number of aliphatic hydroxyl groups excluding tert-OH is 1. The number of piperidine rings is 1. The van der Waals surface area contributed by atoms with Gasteiger partial charge in [0, 0.05) is 36.1 Å². The van der Waals surface area contributed by atoms with E-state index in [1.54, 1.807) is 13.8 Å². The van der Waals surface area contributed by atoms with Gasteiger partial charge < -0.3 is 15.0 Å². The number of carbonyl (C=O) groups is 1. The summed E-state index contributed by atoms with van der Waals surface area (Å²) in [4.78, 5) is 32.3. The fourth-order valence-corrected chi connectivity index (χ4v) is 3.05. The van der Waals surface area contributed by atoms with Crippen LogP contribution in [0.4, 0.5) is 0 Å². The molecule has 0 saturated carbocycles. The summed E-state index contributed by atoms with van der Waals surface area (Å²) < 4.78 is 0. The molecule has 6 nitrogen and oxygen atoms in total. The molecular formula is C15H23N3O3. The molecule has 1 amide bonds. The highest BCUT2D eigenvalue weighted by Crippen LogP contribution is 2.21. The molecule has 1 aromatic rings. The van der Waals surface area contributed by atoms with Crippen molar-refractivity contribution < 1.29 is 9.90 Å². The highest BCUT2D eigenvalue weighted by Gasteiger charge is 2.26. The van der Waals surface area contributed by atoms with Crippen molar-refractivity contribution in [3.63, 3.8) is 0 Å². The van der Waals surface area contributed by atoms with Crippen LogP contribution in [0.15, 0.2) is 4.79 Å². The smallest absolute Gasteiger partial charge is 0.345 e. The van der Waals surface area contributed by atoms with Crippen LogP contribution in [0.25, 0.3) is 0 Å². The number of aryl methyl sites for hydroxylation is 2. The summed E-state index contributed by atoms with van der Waals surface area (Å²) in [7, 11) is 0. The lowest BCUT2D eigenvalue weighted by molar-refractivity contribution is -0.134. The first-order valence-corrected chi connectivity index (χ1v) is 7.49. The van der Waals surface area contributed by atoms with Gasteiger partial charge in [-0.2, -0.15) is 4.98 Å². The molecule has 6 heteroatoms. The van der Waals surface area contributed by atoms with Crippen molar-refractivity contribution in [3.8, 4) is 0 Å². The molecule has 2 heterocycles. The Morgan fingerprint density at radius 3 is 2.86 bits per heavy atom. The van der Waals surface area contributed by atoms with Gasteiger partial charge in [0.2, 0.25) is 5.91 Å². The lowest BCUT2D eigenvalue weighted by Gasteiger charge is -2.35. The lowest BCUT2D eigenvalue weighted by Crippen LogP contribution is -2.45. The molecule has 2 N–H and O–H groups in total. The SMILES string of the molecule is Cc1nc(=O)[nH]c(C)c1CC(=O)N1CCCCC1CCO. The molecule has 0 bridgehead atoms. The molecule has 116 valence electrons. The van der Waals surface area contributed by atoms with Crippen molar-refractivity contribution in [2.24, 2.45) is 0 Å². The van der Waals surface area contributed by atoms with Crippen LogP contribution in [0.5, 0.6) is 0 Å². The summed E-state index contributed by atoms with van der Waals surface area (Å²) in [5.41, 5.74) is 1.74. The topological polar surface area (TPSA) is 86.3 Å². The van der Waals surface area contributed by atoms with Gasteiger partial charge in [-0.05, 0) is 39.5 Å². The first-order chi connectivity index (χ1) is 10.0. The Kier molecular flexibility index (Phi) is 5.12. The number of rotatable bonds is 4. The number of carbonyl (C=O) groups excluding carboxylic acids is 1. The van der Waals surface area contributed by atoms with Gasteiger partial charge in [0.05, 0.1) is 6.42 Å². The van der Waals surface area contributed by atoms with Gasteiger partial charge >= 0.3 is 5.69 Å². The second kappa shape index (κ2) is 6.85. The minimum absolute atomic E-state index is 0.0493. The zero-order valence-corrected chi connectivity index (χ0v) is 12.7. The summed E-state index contributed by atoms with van der Waals surface area (Å²) >= 11 is 0. The lowest BCUT2D eigenvalue weighted by atomic mass is 9.98. The van der Waals surface area contributed by atoms with Gasteiger partial charge in [-0.25, -0.2) is 4.79 Å². The third-order valence-electron chi connectivity index (χ3n) is 4.19. The van der Waals surface area contributed by atoms with Gasteiger partial charge in [0.25, 0.3) is 0 Å². The van der Waals surface area contributed by atoms with Crippen LogP contribution in [0.3, 0.4) is 0 Å². The van der Waals surface area contributed by atoms with Crippen LogP contribution in [-0.4, -0.2) is 45.1 Å². The van der Waals surface area contributed by atoms with Crippen LogP contribution >= 0.6 is 0 Å². The van der Waals surface area contributed by atoms with E-state index in [9.17, 15) is 9.59 Å². The molecule has 1 aromatic heterocycles. The quantitative estimate of drug-likeness (QED) is 0.855. The zero-order valence-electron chi connectivity index (χ0n) is 12.7. The van der Waals surface area contributed by atoms with E-state index in [-0.39, 0.29) is 30.7 Å². The summed E-state index contributed by atoms with van der Waals surface area (Å²) in [6.07, 6.45) is 3.95. The number of hydrogen-bond acceptors (Lipinski definition) is 4. The average Bonchev–Trinajstić information content (AvgIpc) is 2.43. The van der Waals surface area contributed by atoms with E-state index < -0.39 is 0 Å². The standard InChI is InChI=1S/C15H23N3O3/c1-10-13(11(2)17-15(21)16-10)9-14(20)18-7-4-3-5-12(18)6-8-19/h12,19H,3-9H2,1-2H3,(H,16,17,21). The van der Waals surface area contributed by atoms with E-state index in [1.807, 2.05) is 4.90 Å². The molecule has 1 saturated heterocycles. The van der Waals surface area contributed by atoms with Crippen molar-refractivity contribution in [2.75, 3.05) is 13.2 Å². The largest absolute Gasteiger partial charge is 0.396 e. The zero-order chi connectivity index (χ0) is 15.4. The Bertz CT molecular complexity index is 540. The van der Waals surface area contributed by atoms with Crippen LogP contribution < -0.4 is 5.69 Å². The van der Waals surface area contributed by atoms with Crippen LogP contribution in [0, 0.1) is 13.8 Å². The first kappa shape index (κ1) is 15.7. The number of hydrogen-bond donors (Lipinski definition) is 2. The van der Waals surface area contributed by atoms with Crippen LogP contribution in [-0.2, 0) is 11.2 Å². The molecular weight excluding hydrogens is 270 g/mol. The fourth-order valence-electron chi connectivity index (χ4n) is 3.05. The number of nitrogens with one attached hydrogen (secondary N) is 1. The van der Waals surface area contributed by atoms with Gasteiger partial charge in [-0.15, -0.1) is 0 Å². The van der Waals surface area contributed by atoms with E-state index in [2.05, 4.69) is 9.97 Å². The molecule has 21 heavy (non-hydrogen) atoms. The third-order valence-corrected chi connectivity index (χ3v) is 4.19. The van der Waals surface area contributed by atoms with Crippen molar-refractivity contribution in [3.05, 3.63) is 27.4 Å². The van der Waals surface area contributed by atoms with Crippen LogP contribution in [0.2, 0.25) is 0 Å². The van der Waals surface area contributed by atoms with E-state index in [0.717, 1.165) is 31.4 Å². The molecule has 1 unspecified atom stereocenters. The van der Waals surface area contributed by atoms with Crippen molar-refractivity contribution >= 4 is 5.91 Å². The average molecular weight is 293 g/mol. The second-order valence-corrected chi connectivity index (χ2v) is 5.66. The molecule has 1 atom stereocenters. The Labute approximate surface area is 124 Å². The van der Waals surface area contributed by atoms with E-state index >= 15 is 0 Å². The number of aliphatic hydroxyl groups is 1. The van der Waals surface area contributed by atoms with Gasteiger partial charge in [0.1, 0.15) is 0 Å². The van der Waals surface area contributed by atoms with Crippen molar-refractivity contribution in [2.45, 2.75) is 52.0 Å². The predicted molar refractivity (Wildman–Crippen MR) is 79.1 cm³/mol. The minimum atomic E-state index is -0.377. The molecule has 0 aromatic carbocycles. The van der Waals surface area contributed by atoms with Crippen molar-refractivity contribution in [1.29, 1.82) is 0 Å². The van der Waals surface area contributed by atoms with Crippen LogP contribution in [0.1, 0.15) is 42.6 Å². The van der Waals surface area contributed by atoms with Gasteiger partial charge in [-0.1, -0.05) is 0 Å². The van der Waals surface area contributed by atoms with E-state index in [4.69, 9.17) is 5.11 Å². The second-order valence-electron chi connectivity index (χ2n) is 5.66. The molecule has 1 aliphatic rings. The van der Waals surface area contributed by atoms with E-state index in [0.29, 0.717) is 17.8 Å². The van der Waals surface area contributed by atoms with Crippen molar-refractivity contribution in [1.82, 2.24) is 14.9 Å². The Morgan fingerprint density at radius 1 is 1.43 bits per heavy atom. The molecule has 1 aliphatic heterocycles. The Morgan fingerprint density at radius 2 is 2.19 bits per heavy atom. The monoisotopic (exact) mass is 293 g/mol. The van der Waals surface area contributed by atoms with E-state index in [1.165, 1.54) is 0 Å². The molecule has 2 rings (SSSR count). The summed E-state index contributed by atoms with van der Waals surface area (Å²) in [5.74, 6) is 0.0493. The van der Waals surface area contributed by atoms with Gasteiger partial charge in [-0.3, -0.25) is 4.79 Å². The first-order valence-electron chi connectivity index (χ1n) is 7.49. The highest BCUT2D eigenvalue weighted by molar-refractivity contribution is 5.79. The normalized spacial score (nSPS) is 18.8. The number of H-pyrrole nitrogens is 1. The molecule has 0 radical (unpaired) electrons. The molecule has 0 aliphatic carbocycles. The Hall–Kier alpha value is -1.69. The summed E-state index contributed by atoms with van der Waals surface area (Å²) in [6, 6.07) is 0.132. The summed E-state index contributed by atoms with van der Waals surface area (Å²) in [6.45, 7) is 4.40. The third kappa shape index (κ3) is 3.69. The number of nitrogens with zero attached hydrogens (tertiary/aromatic N) is 2. The molecule has 1 fully saturated rings. The maximum Gasteiger partial charge on any atom is 0.345 e. The fraction of sp³-hybridized carbons (Fsp3) is 0.667.